The van der Waals surface area contributed by atoms with Crippen LogP contribution < -0.4 is 15.4 Å². The highest BCUT2D eigenvalue weighted by Crippen LogP contribution is 2.31. The molecule has 0 spiro atoms. The van der Waals surface area contributed by atoms with Crippen LogP contribution in [0.3, 0.4) is 0 Å². The predicted octanol–water partition coefficient (Wildman–Crippen LogP) is 3.68. The van der Waals surface area contributed by atoms with Crippen molar-refractivity contribution >= 4 is 55.0 Å². The minimum atomic E-state index is -0.190. The van der Waals surface area contributed by atoms with Crippen molar-refractivity contribution in [2.45, 2.75) is 26.2 Å². The third-order valence-electron chi connectivity index (χ3n) is 3.99. The summed E-state index contributed by atoms with van der Waals surface area (Å²) in [5.41, 5.74) is 1.45. The van der Waals surface area contributed by atoms with Gasteiger partial charge in [0.1, 0.15) is 5.75 Å². The number of nitrogens with one attached hydrogen (secondary N) is 2. The topological polar surface area (TPSA) is 93.2 Å². The molecule has 2 aromatic heterocycles. The molecular weight excluding hydrogens is 384 g/mol. The number of anilines is 2. The minimum Gasteiger partial charge on any atom is -0.494 e. The maximum Gasteiger partial charge on any atom is 0.232 e. The van der Waals surface area contributed by atoms with Gasteiger partial charge >= 0.3 is 0 Å². The summed E-state index contributed by atoms with van der Waals surface area (Å²) < 4.78 is 6.44. The molecule has 2 N–H and O–H groups in total. The second kappa shape index (κ2) is 7.61. The predicted molar refractivity (Wildman–Crippen MR) is 107 cm³/mol. The zero-order chi connectivity index (χ0) is 18.8. The van der Waals surface area contributed by atoms with Crippen LogP contribution >= 0.6 is 22.7 Å². The summed E-state index contributed by atoms with van der Waals surface area (Å²) in [4.78, 5) is 32.8. The van der Waals surface area contributed by atoms with Gasteiger partial charge in [0.25, 0.3) is 0 Å². The molecule has 0 atom stereocenters. The largest absolute Gasteiger partial charge is 0.494 e. The molecular formula is C18H18N4O3S2. The highest BCUT2D eigenvalue weighted by Gasteiger charge is 2.30. The molecule has 1 saturated carbocycles. The molecule has 0 bridgehead atoms. The van der Waals surface area contributed by atoms with Gasteiger partial charge in [-0.25, -0.2) is 9.97 Å². The summed E-state index contributed by atoms with van der Waals surface area (Å²) in [5, 5.41) is 8.48. The summed E-state index contributed by atoms with van der Waals surface area (Å²) in [6, 6.07) is 5.66. The summed E-state index contributed by atoms with van der Waals surface area (Å²) in [7, 11) is 0. The lowest BCUT2D eigenvalue weighted by atomic mass is 10.3. The van der Waals surface area contributed by atoms with E-state index in [4.69, 9.17) is 4.74 Å². The molecule has 0 aliphatic heterocycles. The number of aromatic nitrogens is 2. The van der Waals surface area contributed by atoms with Gasteiger partial charge in [-0.05, 0) is 38.0 Å². The molecule has 1 aliphatic rings. The van der Waals surface area contributed by atoms with Gasteiger partial charge in [0.05, 0.1) is 28.9 Å². The van der Waals surface area contributed by atoms with Crippen molar-refractivity contribution in [1.82, 2.24) is 9.97 Å². The Hall–Kier alpha value is -2.52. The minimum absolute atomic E-state index is 0.0150. The number of amides is 2. The van der Waals surface area contributed by atoms with E-state index in [9.17, 15) is 9.59 Å². The van der Waals surface area contributed by atoms with E-state index in [-0.39, 0.29) is 24.2 Å². The van der Waals surface area contributed by atoms with Gasteiger partial charge < -0.3 is 15.4 Å². The van der Waals surface area contributed by atoms with E-state index in [1.165, 1.54) is 22.7 Å². The monoisotopic (exact) mass is 402 g/mol. The fraction of sp³-hybridized carbons (Fsp3) is 0.333. The molecule has 7 nitrogen and oxygen atoms in total. The fourth-order valence-corrected chi connectivity index (χ4v) is 4.17. The lowest BCUT2D eigenvalue weighted by Crippen LogP contribution is -2.15. The molecule has 4 rings (SSSR count). The van der Waals surface area contributed by atoms with Crippen molar-refractivity contribution in [2.24, 2.45) is 5.92 Å². The molecule has 140 valence electrons. The van der Waals surface area contributed by atoms with Gasteiger partial charge in [-0.3, -0.25) is 9.59 Å². The Morgan fingerprint density at radius 3 is 2.85 bits per heavy atom. The van der Waals surface area contributed by atoms with Crippen molar-refractivity contribution in [3.63, 3.8) is 0 Å². The summed E-state index contributed by atoms with van der Waals surface area (Å²) in [5.74, 6) is 0.739. The van der Waals surface area contributed by atoms with Crippen molar-refractivity contribution in [3.8, 4) is 5.75 Å². The Bertz CT molecular complexity index is 994. The van der Waals surface area contributed by atoms with Gasteiger partial charge in [-0.1, -0.05) is 11.3 Å². The van der Waals surface area contributed by atoms with Crippen molar-refractivity contribution in [2.75, 3.05) is 17.2 Å². The first-order chi connectivity index (χ1) is 13.1. The Balaban J connectivity index is 1.36. The summed E-state index contributed by atoms with van der Waals surface area (Å²) in [6.45, 7) is 2.54. The summed E-state index contributed by atoms with van der Waals surface area (Å²) >= 11 is 2.73. The number of thiazole rings is 2. The molecule has 9 heteroatoms. The van der Waals surface area contributed by atoms with Gasteiger partial charge in [-0.2, -0.15) is 0 Å². The second-order valence-electron chi connectivity index (χ2n) is 6.21. The first-order valence-corrected chi connectivity index (χ1v) is 10.4. The van der Waals surface area contributed by atoms with E-state index >= 15 is 0 Å². The molecule has 2 heterocycles. The SMILES string of the molecule is CCOc1ccc2nc(NC(=O)Cc3csc(NC(=O)C4CC4)n3)sc2c1. The molecule has 0 unspecified atom stereocenters. The number of hydrogen-bond acceptors (Lipinski definition) is 7. The summed E-state index contributed by atoms with van der Waals surface area (Å²) in [6.07, 6.45) is 2.03. The maximum absolute atomic E-state index is 12.3. The van der Waals surface area contributed by atoms with Crippen LogP contribution in [0.25, 0.3) is 10.2 Å². The number of ether oxygens (including phenoxy) is 1. The van der Waals surface area contributed by atoms with Crippen molar-refractivity contribution in [1.29, 1.82) is 0 Å². The Kier molecular flexibility index (Phi) is 5.04. The van der Waals surface area contributed by atoms with E-state index in [1.54, 1.807) is 5.38 Å². The maximum atomic E-state index is 12.3. The Labute approximate surface area is 163 Å². The molecule has 1 fully saturated rings. The van der Waals surface area contributed by atoms with E-state index in [2.05, 4.69) is 20.6 Å². The lowest BCUT2D eigenvalue weighted by molar-refractivity contribution is -0.117. The smallest absolute Gasteiger partial charge is 0.232 e. The van der Waals surface area contributed by atoms with E-state index in [0.29, 0.717) is 22.6 Å². The molecule has 1 aromatic carbocycles. The number of fused-ring (bicyclic) bond motifs is 1. The third-order valence-corrected chi connectivity index (χ3v) is 5.73. The average molecular weight is 403 g/mol. The van der Waals surface area contributed by atoms with Crippen LogP contribution in [0.5, 0.6) is 5.75 Å². The highest BCUT2D eigenvalue weighted by atomic mass is 32.1. The highest BCUT2D eigenvalue weighted by molar-refractivity contribution is 7.22. The Morgan fingerprint density at radius 1 is 1.22 bits per heavy atom. The zero-order valence-electron chi connectivity index (χ0n) is 14.7. The van der Waals surface area contributed by atoms with E-state index in [0.717, 1.165) is 28.8 Å². The standard InChI is InChI=1S/C18H18N4O3S2/c1-2-25-12-5-6-13-14(8-12)27-18(20-13)21-15(23)7-11-9-26-17(19-11)22-16(24)10-3-4-10/h5-6,8-10H,2-4,7H2,1H3,(H,19,22,24)(H,20,21,23). The van der Waals surface area contributed by atoms with Gasteiger partial charge in [0, 0.05) is 11.3 Å². The van der Waals surface area contributed by atoms with Crippen LogP contribution in [0.15, 0.2) is 23.6 Å². The first kappa shape index (κ1) is 17.9. The van der Waals surface area contributed by atoms with Crippen LogP contribution in [-0.2, 0) is 16.0 Å². The van der Waals surface area contributed by atoms with E-state index in [1.807, 2.05) is 25.1 Å². The molecule has 0 saturated heterocycles. The number of benzene rings is 1. The average Bonchev–Trinajstić information content (AvgIpc) is 3.28. The van der Waals surface area contributed by atoms with Crippen LogP contribution in [0, 0.1) is 5.92 Å². The molecule has 0 radical (unpaired) electrons. The second-order valence-corrected chi connectivity index (χ2v) is 8.10. The number of carbonyl (C=O) groups excluding carboxylic acids is 2. The quantitative estimate of drug-likeness (QED) is 0.629. The van der Waals surface area contributed by atoms with Crippen LogP contribution in [0.1, 0.15) is 25.5 Å². The number of nitrogens with zero attached hydrogens (tertiary/aromatic N) is 2. The molecule has 2 amide bonds. The molecule has 1 aliphatic carbocycles. The van der Waals surface area contributed by atoms with Crippen LogP contribution in [0.2, 0.25) is 0 Å². The van der Waals surface area contributed by atoms with Crippen molar-refractivity contribution in [3.05, 3.63) is 29.3 Å². The number of rotatable bonds is 7. The lowest BCUT2D eigenvalue weighted by Gasteiger charge is -2.00. The van der Waals surface area contributed by atoms with Crippen LogP contribution in [-0.4, -0.2) is 28.4 Å². The Morgan fingerprint density at radius 2 is 2.07 bits per heavy atom. The molecule has 3 aromatic rings. The third kappa shape index (κ3) is 4.42. The first-order valence-electron chi connectivity index (χ1n) is 8.69. The number of carbonyl (C=O) groups is 2. The zero-order valence-corrected chi connectivity index (χ0v) is 16.3. The normalized spacial score (nSPS) is 13.5. The van der Waals surface area contributed by atoms with Crippen molar-refractivity contribution < 1.29 is 14.3 Å². The van der Waals surface area contributed by atoms with Gasteiger partial charge in [-0.15, -0.1) is 11.3 Å². The van der Waals surface area contributed by atoms with Crippen LogP contribution in [0.4, 0.5) is 10.3 Å². The van der Waals surface area contributed by atoms with Gasteiger partial charge in [0.2, 0.25) is 11.8 Å². The molecule has 27 heavy (non-hydrogen) atoms. The van der Waals surface area contributed by atoms with Gasteiger partial charge in [0.15, 0.2) is 10.3 Å². The fourth-order valence-electron chi connectivity index (χ4n) is 2.54. The number of hydrogen-bond donors (Lipinski definition) is 2. The van der Waals surface area contributed by atoms with E-state index < -0.39 is 0 Å².